The lowest BCUT2D eigenvalue weighted by molar-refractivity contribution is -0.137. The zero-order valence-electron chi connectivity index (χ0n) is 10.0. The molecule has 0 bridgehead atoms. The summed E-state index contributed by atoms with van der Waals surface area (Å²) in [5.74, 6) is 0.228. The number of aliphatic hydroxyl groups is 1. The molecule has 0 radical (unpaired) electrons. The summed E-state index contributed by atoms with van der Waals surface area (Å²) in [4.78, 5) is 3.90. The minimum atomic E-state index is -4.48. The molecule has 1 aromatic heterocycles. The molecule has 102 valence electrons. The molecule has 7 heteroatoms. The van der Waals surface area contributed by atoms with E-state index in [0.29, 0.717) is 0 Å². The lowest BCUT2D eigenvalue weighted by atomic mass is 10.0. The maximum Gasteiger partial charge on any atom is 0.416 e. The number of imidazole rings is 1. The largest absolute Gasteiger partial charge is 0.416 e. The van der Waals surface area contributed by atoms with E-state index in [1.54, 1.807) is 13.2 Å². The Morgan fingerprint density at radius 3 is 2.58 bits per heavy atom. The maximum atomic E-state index is 12.6. The average molecular weight is 271 g/mol. The third-order valence-electron chi connectivity index (χ3n) is 2.81. The van der Waals surface area contributed by atoms with Gasteiger partial charge in [-0.15, -0.1) is 0 Å². The molecule has 4 nitrogen and oxygen atoms in total. The molecule has 0 saturated heterocycles. The number of aliphatic hydroxyl groups excluding tert-OH is 1. The molecule has 0 fully saturated rings. The van der Waals surface area contributed by atoms with Crippen LogP contribution in [0.4, 0.5) is 18.9 Å². The quantitative estimate of drug-likeness (QED) is 0.822. The van der Waals surface area contributed by atoms with Crippen LogP contribution in [0.5, 0.6) is 0 Å². The first-order valence-corrected chi connectivity index (χ1v) is 5.42. The van der Waals surface area contributed by atoms with Crippen LogP contribution in [0.25, 0.3) is 0 Å². The van der Waals surface area contributed by atoms with Crippen molar-refractivity contribution >= 4 is 5.69 Å². The molecule has 1 heterocycles. The highest BCUT2D eigenvalue weighted by Crippen LogP contribution is 2.34. The van der Waals surface area contributed by atoms with Gasteiger partial charge in [-0.2, -0.15) is 13.2 Å². The molecule has 2 aromatic rings. The van der Waals surface area contributed by atoms with Crippen LogP contribution in [-0.2, 0) is 13.2 Å². The van der Waals surface area contributed by atoms with Crippen molar-refractivity contribution in [1.82, 2.24) is 9.55 Å². The van der Waals surface area contributed by atoms with Crippen molar-refractivity contribution in [3.8, 4) is 0 Å². The van der Waals surface area contributed by atoms with E-state index in [-0.39, 0.29) is 17.1 Å². The van der Waals surface area contributed by atoms with Crippen LogP contribution < -0.4 is 5.73 Å². The number of aryl methyl sites for hydroxylation is 1. The van der Waals surface area contributed by atoms with E-state index in [1.807, 2.05) is 0 Å². The Balaban J connectivity index is 2.47. The van der Waals surface area contributed by atoms with Crippen LogP contribution in [-0.4, -0.2) is 14.7 Å². The molecular formula is C12H12F3N3O. The van der Waals surface area contributed by atoms with Crippen LogP contribution in [0.2, 0.25) is 0 Å². The first-order valence-electron chi connectivity index (χ1n) is 5.42. The number of alkyl halides is 3. The highest BCUT2D eigenvalue weighted by Gasteiger charge is 2.32. The van der Waals surface area contributed by atoms with Crippen molar-refractivity contribution in [3.05, 3.63) is 47.5 Å². The van der Waals surface area contributed by atoms with Gasteiger partial charge in [0.15, 0.2) is 0 Å². The summed E-state index contributed by atoms with van der Waals surface area (Å²) in [6.07, 6.45) is -2.75. The number of nitrogens with two attached hydrogens (primary N) is 1. The van der Waals surface area contributed by atoms with Gasteiger partial charge in [-0.25, -0.2) is 4.98 Å². The summed E-state index contributed by atoms with van der Waals surface area (Å²) in [7, 11) is 1.63. The standard InChI is InChI=1S/C12H12F3N3O/c1-18-5-4-17-11(18)10(19)8-6-7(12(13,14)15)2-3-9(8)16/h2-6,10,19H,16H2,1H3. The lowest BCUT2D eigenvalue weighted by Crippen LogP contribution is -2.12. The fourth-order valence-electron chi connectivity index (χ4n) is 1.77. The third-order valence-corrected chi connectivity index (χ3v) is 2.81. The van der Waals surface area contributed by atoms with Crippen LogP contribution in [0, 0.1) is 0 Å². The van der Waals surface area contributed by atoms with Gasteiger partial charge < -0.3 is 15.4 Å². The number of hydrogen-bond acceptors (Lipinski definition) is 3. The van der Waals surface area contributed by atoms with E-state index >= 15 is 0 Å². The van der Waals surface area contributed by atoms with E-state index < -0.39 is 17.8 Å². The molecule has 0 amide bonds. The molecule has 0 spiro atoms. The molecule has 0 aliphatic rings. The van der Waals surface area contributed by atoms with Gasteiger partial charge in [-0.1, -0.05) is 0 Å². The molecule has 1 aromatic carbocycles. The topological polar surface area (TPSA) is 64.1 Å². The number of hydrogen-bond donors (Lipinski definition) is 2. The number of benzene rings is 1. The summed E-state index contributed by atoms with van der Waals surface area (Å²) in [6.45, 7) is 0. The number of aromatic nitrogens is 2. The van der Waals surface area contributed by atoms with Gasteiger partial charge >= 0.3 is 6.18 Å². The molecule has 0 saturated carbocycles. The van der Waals surface area contributed by atoms with Gasteiger partial charge in [0.2, 0.25) is 0 Å². The zero-order valence-corrected chi connectivity index (χ0v) is 10.0. The molecule has 3 N–H and O–H groups in total. The minimum absolute atomic E-state index is 0.0101. The summed E-state index contributed by atoms with van der Waals surface area (Å²) in [5.41, 5.74) is 4.85. The second kappa shape index (κ2) is 4.58. The van der Waals surface area contributed by atoms with E-state index in [4.69, 9.17) is 5.73 Å². The minimum Gasteiger partial charge on any atom is -0.398 e. The van der Waals surface area contributed by atoms with E-state index in [2.05, 4.69) is 4.98 Å². The summed E-state index contributed by atoms with van der Waals surface area (Å²) in [6, 6.07) is 2.85. The van der Waals surface area contributed by atoms with Gasteiger partial charge in [0, 0.05) is 30.7 Å². The first kappa shape index (κ1) is 13.4. The number of nitrogens with zero attached hydrogens (tertiary/aromatic N) is 2. The molecule has 19 heavy (non-hydrogen) atoms. The van der Waals surface area contributed by atoms with Crippen LogP contribution >= 0.6 is 0 Å². The van der Waals surface area contributed by atoms with Crippen molar-refractivity contribution in [2.75, 3.05) is 5.73 Å². The Labute approximate surface area is 107 Å². The van der Waals surface area contributed by atoms with E-state index in [0.717, 1.165) is 18.2 Å². The Bertz CT molecular complexity index is 592. The normalized spacial score (nSPS) is 13.5. The van der Waals surface area contributed by atoms with Crippen LogP contribution in [0.15, 0.2) is 30.6 Å². The summed E-state index contributed by atoms with van der Waals surface area (Å²) >= 11 is 0. The molecule has 1 unspecified atom stereocenters. The highest BCUT2D eigenvalue weighted by molar-refractivity contribution is 5.51. The Morgan fingerprint density at radius 2 is 2.05 bits per heavy atom. The summed E-state index contributed by atoms with van der Waals surface area (Å²) in [5, 5.41) is 10.1. The van der Waals surface area contributed by atoms with Crippen molar-refractivity contribution in [3.63, 3.8) is 0 Å². The Kier molecular flexibility index (Phi) is 3.23. The van der Waals surface area contributed by atoms with Crippen molar-refractivity contribution < 1.29 is 18.3 Å². The molecule has 0 aliphatic heterocycles. The fraction of sp³-hybridized carbons (Fsp3) is 0.250. The molecular weight excluding hydrogens is 259 g/mol. The van der Waals surface area contributed by atoms with Gasteiger partial charge in [0.1, 0.15) is 11.9 Å². The predicted molar refractivity (Wildman–Crippen MR) is 63.1 cm³/mol. The number of nitrogen functional groups attached to an aromatic ring is 1. The van der Waals surface area contributed by atoms with Crippen molar-refractivity contribution in [2.45, 2.75) is 12.3 Å². The average Bonchev–Trinajstić information content (AvgIpc) is 2.73. The van der Waals surface area contributed by atoms with Crippen LogP contribution in [0.3, 0.4) is 0 Å². The van der Waals surface area contributed by atoms with Crippen molar-refractivity contribution in [1.29, 1.82) is 0 Å². The third kappa shape index (κ3) is 2.55. The van der Waals surface area contributed by atoms with Crippen LogP contribution in [0.1, 0.15) is 23.1 Å². The summed E-state index contributed by atoms with van der Waals surface area (Å²) < 4.78 is 39.4. The Morgan fingerprint density at radius 1 is 1.37 bits per heavy atom. The Hall–Kier alpha value is -2.02. The lowest BCUT2D eigenvalue weighted by Gasteiger charge is -2.16. The smallest absolute Gasteiger partial charge is 0.398 e. The first-order chi connectivity index (χ1) is 8.80. The maximum absolute atomic E-state index is 12.6. The molecule has 2 rings (SSSR count). The van der Waals surface area contributed by atoms with Gasteiger partial charge in [-0.05, 0) is 18.2 Å². The fourth-order valence-corrected chi connectivity index (χ4v) is 1.77. The number of halogens is 3. The monoisotopic (exact) mass is 271 g/mol. The van der Waals surface area contributed by atoms with E-state index in [1.165, 1.54) is 10.8 Å². The van der Waals surface area contributed by atoms with Gasteiger partial charge in [0.25, 0.3) is 0 Å². The molecule has 1 atom stereocenters. The van der Waals surface area contributed by atoms with Crippen molar-refractivity contribution in [2.24, 2.45) is 7.05 Å². The second-order valence-electron chi connectivity index (χ2n) is 4.14. The number of rotatable bonds is 2. The van der Waals surface area contributed by atoms with Gasteiger partial charge in [0.05, 0.1) is 5.56 Å². The van der Waals surface area contributed by atoms with E-state index in [9.17, 15) is 18.3 Å². The number of anilines is 1. The highest BCUT2D eigenvalue weighted by atomic mass is 19.4. The zero-order chi connectivity index (χ0) is 14.2. The second-order valence-corrected chi connectivity index (χ2v) is 4.14. The molecule has 0 aliphatic carbocycles. The predicted octanol–water partition coefficient (Wildman–Crippen LogP) is 2.10. The van der Waals surface area contributed by atoms with Gasteiger partial charge in [-0.3, -0.25) is 0 Å². The SMILES string of the molecule is Cn1ccnc1C(O)c1cc(C(F)(F)F)ccc1N.